The van der Waals surface area contributed by atoms with Crippen LogP contribution in [0.25, 0.3) is 11.0 Å². The Kier molecular flexibility index (Phi) is 6.61. The molecule has 0 radical (unpaired) electrons. The zero-order valence-electron chi connectivity index (χ0n) is 13.9. The van der Waals surface area contributed by atoms with Crippen molar-refractivity contribution in [3.63, 3.8) is 0 Å². The number of carbonyl (C=O) groups excluding carboxylic acids is 1. The summed E-state index contributed by atoms with van der Waals surface area (Å²) >= 11 is 0. The van der Waals surface area contributed by atoms with Gasteiger partial charge in [-0.1, -0.05) is 6.58 Å². The van der Waals surface area contributed by atoms with Crippen molar-refractivity contribution in [1.29, 1.82) is 0 Å². The van der Waals surface area contributed by atoms with E-state index in [0.717, 1.165) is 42.4 Å². The van der Waals surface area contributed by atoms with Crippen molar-refractivity contribution >= 4 is 16.9 Å². The molecule has 5 nitrogen and oxygen atoms in total. The van der Waals surface area contributed by atoms with E-state index in [1.165, 1.54) is 12.1 Å². The van der Waals surface area contributed by atoms with E-state index in [-0.39, 0.29) is 11.6 Å². The van der Waals surface area contributed by atoms with Gasteiger partial charge in [0.2, 0.25) is 0 Å². The van der Waals surface area contributed by atoms with Gasteiger partial charge in [-0.15, -0.1) is 0 Å². The molecule has 2 aromatic rings. The Balaban J connectivity index is 1.71. The van der Waals surface area contributed by atoms with Gasteiger partial charge < -0.3 is 13.9 Å². The van der Waals surface area contributed by atoms with E-state index < -0.39 is 0 Å². The maximum atomic E-state index is 11.3. The summed E-state index contributed by atoms with van der Waals surface area (Å²) in [5.41, 5.74) is 1.11. The van der Waals surface area contributed by atoms with Crippen LogP contribution >= 0.6 is 0 Å². The lowest BCUT2D eigenvalue weighted by Crippen LogP contribution is -2.02. The smallest absolute Gasteiger partial charge is 0.336 e. The number of rotatable bonds is 9. The van der Waals surface area contributed by atoms with Crippen LogP contribution in [0.2, 0.25) is 0 Å². The topological polar surface area (TPSA) is 65.7 Å². The van der Waals surface area contributed by atoms with Gasteiger partial charge >= 0.3 is 11.6 Å². The van der Waals surface area contributed by atoms with E-state index in [0.29, 0.717) is 18.8 Å². The Morgan fingerprint density at radius 1 is 1.17 bits per heavy atom. The SMILES string of the molecule is C=CC(=O)OCCCCCCOc1ccc2oc(=O)cc(C)c2c1. The fourth-order valence-corrected chi connectivity index (χ4v) is 2.37. The molecule has 0 N–H and O–H groups in total. The van der Waals surface area contributed by atoms with Crippen molar-refractivity contribution in [1.82, 2.24) is 0 Å². The van der Waals surface area contributed by atoms with Crippen LogP contribution in [0.3, 0.4) is 0 Å². The van der Waals surface area contributed by atoms with Gasteiger partial charge in [0.1, 0.15) is 11.3 Å². The van der Waals surface area contributed by atoms with Gasteiger partial charge in [0.15, 0.2) is 0 Å². The molecule has 0 atom stereocenters. The zero-order chi connectivity index (χ0) is 17.4. The lowest BCUT2D eigenvalue weighted by atomic mass is 10.1. The van der Waals surface area contributed by atoms with Crippen molar-refractivity contribution < 1.29 is 18.7 Å². The largest absolute Gasteiger partial charge is 0.494 e. The first-order valence-corrected chi connectivity index (χ1v) is 8.06. The van der Waals surface area contributed by atoms with Crippen LogP contribution in [-0.2, 0) is 9.53 Å². The van der Waals surface area contributed by atoms with E-state index >= 15 is 0 Å². The fraction of sp³-hybridized carbons (Fsp3) is 0.368. The molecule has 2 rings (SSSR count). The molecule has 1 aromatic heterocycles. The number of carbonyl (C=O) groups is 1. The Hall–Kier alpha value is -2.56. The molecule has 128 valence electrons. The Morgan fingerprint density at radius 3 is 2.67 bits per heavy atom. The highest BCUT2D eigenvalue weighted by atomic mass is 16.5. The second kappa shape index (κ2) is 8.91. The molecule has 1 heterocycles. The van der Waals surface area contributed by atoms with Crippen molar-refractivity contribution in [2.45, 2.75) is 32.6 Å². The fourth-order valence-electron chi connectivity index (χ4n) is 2.37. The molecular formula is C19H22O5. The van der Waals surface area contributed by atoms with Gasteiger partial charge in [0, 0.05) is 17.5 Å². The number of ether oxygens (including phenoxy) is 2. The molecule has 0 aliphatic carbocycles. The highest BCUT2D eigenvalue weighted by molar-refractivity contribution is 5.81. The first-order valence-electron chi connectivity index (χ1n) is 8.06. The number of esters is 1. The van der Waals surface area contributed by atoms with Crippen LogP contribution in [0, 0.1) is 6.92 Å². The van der Waals surface area contributed by atoms with Crippen LogP contribution < -0.4 is 10.4 Å². The second-order valence-electron chi connectivity index (χ2n) is 5.54. The lowest BCUT2D eigenvalue weighted by molar-refractivity contribution is -0.137. The highest BCUT2D eigenvalue weighted by Crippen LogP contribution is 2.22. The third-order valence-corrected chi connectivity index (χ3v) is 3.64. The molecule has 0 aliphatic rings. The summed E-state index contributed by atoms with van der Waals surface area (Å²) in [4.78, 5) is 22.2. The lowest BCUT2D eigenvalue weighted by Gasteiger charge is -2.08. The number of aryl methyl sites for hydroxylation is 1. The second-order valence-corrected chi connectivity index (χ2v) is 5.54. The van der Waals surface area contributed by atoms with E-state index in [1.807, 2.05) is 13.0 Å². The molecule has 0 bridgehead atoms. The molecule has 0 saturated heterocycles. The summed E-state index contributed by atoms with van der Waals surface area (Å²) in [5, 5.41) is 0.885. The maximum Gasteiger partial charge on any atom is 0.336 e. The third-order valence-electron chi connectivity index (χ3n) is 3.64. The summed E-state index contributed by atoms with van der Waals surface area (Å²) in [6, 6.07) is 6.93. The molecule has 5 heteroatoms. The van der Waals surface area contributed by atoms with Gasteiger partial charge in [-0.2, -0.15) is 0 Å². The zero-order valence-corrected chi connectivity index (χ0v) is 13.9. The van der Waals surface area contributed by atoms with Crippen LogP contribution in [0.1, 0.15) is 31.2 Å². The van der Waals surface area contributed by atoms with Gasteiger partial charge in [-0.3, -0.25) is 0 Å². The van der Waals surface area contributed by atoms with E-state index in [4.69, 9.17) is 13.9 Å². The standard InChI is InChI=1S/C19H22O5/c1-3-18(20)23-11-7-5-4-6-10-22-15-8-9-17-16(13-15)14(2)12-19(21)24-17/h3,8-9,12-13H,1,4-7,10-11H2,2H3. The summed E-state index contributed by atoms with van der Waals surface area (Å²) < 4.78 is 15.8. The van der Waals surface area contributed by atoms with Crippen LogP contribution in [0.15, 0.2) is 46.1 Å². The van der Waals surface area contributed by atoms with Crippen molar-refractivity contribution in [3.05, 3.63) is 52.9 Å². The Morgan fingerprint density at radius 2 is 1.92 bits per heavy atom. The van der Waals surface area contributed by atoms with Gasteiger partial charge in [-0.25, -0.2) is 9.59 Å². The number of fused-ring (bicyclic) bond motifs is 1. The van der Waals surface area contributed by atoms with Gasteiger partial charge in [0.25, 0.3) is 0 Å². The summed E-state index contributed by atoms with van der Waals surface area (Å²) in [6.45, 7) is 6.27. The molecule has 0 amide bonds. The molecule has 0 fully saturated rings. The van der Waals surface area contributed by atoms with Crippen molar-refractivity contribution in [2.24, 2.45) is 0 Å². The summed E-state index contributed by atoms with van der Waals surface area (Å²) in [7, 11) is 0. The number of hydrogen-bond donors (Lipinski definition) is 0. The van der Waals surface area contributed by atoms with E-state index in [9.17, 15) is 9.59 Å². The maximum absolute atomic E-state index is 11.3. The number of unbranched alkanes of at least 4 members (excludes halogenated alkanes) is 3. The number of benzene rings is 1. The minimum Gasteiger partial charge on any atom is -0.494 e. The summed E-state index contributed by atoms with van der Waals surface area (Å²) in [6.07, 6.45) is 4.93. The minimum absolute atomic E-state index is 0.340. The minimum atomic E-state index is -0.374. The molecule has 1 aromatic carbocycles. The molecule has 0 spiro atoms. The van der Waals surface area contributed by atoms with E-state index in [1.54, 1.807) is 12.1 Å². The molecular weight excluding hydrogens is 308 g/mol. The molecule has 24 heavy (non-hydrogen) atoms. The van der Waals surface area contributed by atoms with Crippen molar-refractivity contribution in [2.75, 3.05) is 13.2 Å². The monoisotopic (exact) mass is 330 g/mol. The van der Waals surface area contributed by atoms with Gasteiger partial charge in [0.05, 0.1) is 13.2 Å². The highest BCUT2D eigenvalue weighted by Gasteiger charge is 2.04. The predicted molar refractivity (Wildman–Crippen MR) is 92.3 cm³/mol. The molecule has 0 unspecified atom stereocenters. The van der Waals surface area contributed by atoms with Crippen LogP contribution in [0.5, 0.6) is 5.75 Å². The van der Waals surface area contributed by atoms with Gasteiger partial charge in [-0.05, 0) is 56.4 Å². The van der Waals surface area contributed by atoms with Crippen molar-refractivity contribution in [3.8, 4) is 5.75 Å². The first kappa shape index (κ1) is 17.8. The predicted octanol–water partition coefficient (Wildman–Crippen LogP) is 3.77. The third kappa shape index (κ3) is 5.26. The first-order chi connectivity index (χ1) is 11.6. The van der Waals surface area contributed by atoms with Crippen LogP contribution in [0.4, 0.5) is 0 Å². The van der Waals surface area contributed by atoms with Crippen LogP contribution in [-0.4, -0.2) is 19.2 Å². The average molecular weight is 330 g/mol. The quantitative estimate of drug-likeness (QED) is 0.303. The van der Waals surface area contributed by atoms with E-state index in [2.05, 4.69) is 6.58 Å². The average Bonchev–Trinajstić information content (AvgIpc) is 2.57. The summed E-state index contributed by atoms with van der Waals surface area (Å²) in [5.74, 6) is 0.389. The molecule has 0 saturated carbocycles. The molecule has 0 aliphatic heterocycles. The number of hydrogen-bond acceptors (Lipinski definition) is 5. The Labute approximate surface area is 140 Å². The normalized spacial score (nSPS) is 10.5. The Bertz CT molecular complexity index is 760.